The minimum absolute atomic E-state index is 0.151. The largest absolute Gasteiger partial charge is 0.495 e. The molecule has 5 rings (SSSR count). The van der Waals surface area contributed by atoms with Crippen molar-refractivity contribution in [2.45, 2.75) is 26.7 Å². The van der Waals surface area contributed by atoms with Crippen LogP contribution in [0.3, 0.4) is 0 Å². The predicted molar refractivity (Wildman–Crippen MR) is 145 cm³/mol. The van der Waals surface area contributed by atoms with Crippen LogP contribution in [-0.2, 0) is 11.2 Å². The average Bonchev–Trinajstić information content (AvgIpc) is 3.28. The maximum atomic E-state index is 13.2. The molecule has 1 amide bonds. The first kappa shape index (κ1) is 24.6. The second kappa shape index (κ2) is 10.5. The number of amides is 1. The number of carbonyl (C=O) groups is 1. The lowest BCUT2D eigenvalue weighted by Gasteiger charge is -2.36. The fourth-order valence-corrected chi connectivity index (χ4v) is 5.22. The van der Waals surface area contributed by atoms with Crippen molar-refractivity contribution in [3.05, 3.63) is 71.4 Å². The predicted octanol–water partition coefficient (Wildman–Crippen LogP) is 4.34. The van der Waals surface area contributed by atoms with E-state index in [0.29, 0.717) is 31.8 Å². The highest BCUT2D eigenvalue weighted by atomic mass is 16.5. The lowest BCUT2D eigenvalue weighted by atomic mass is 10.0. The summed E-state index contributed by atoms with van der Waals surface area (Å²) in [6, 6.07) is 18.0. The van der Waals surface area contributed by atoms with Gasteiger partial charge in [0.2, 0.25) is 11.8 Å². The highest BCUT2D eigenvalue weighted by Crippen LogP contribution is 2.32. The number of pyridine rings is 1. The number of benzene rings is 2. The third kappa shape index (κ3) is 4.71. The first-order valence-electron chi connectivity index (χ1n) is 12.7. The zero-order chi connectivity index (χ0) is 25.9. The zero-order valence-corrected chi connectivity index (χ0v) is 21.9. The number of nitrogens with zero attached hydrogens (tertiary/aromatic N) is 5. The molecular formula is C29H33N5O3. The van der Waals surface area contributed by atoms with Gasteiger partial charge in [0.05, 0.1) is 31.3 Å². The van der Waals surface area contributed by atoms with Crippen LogP contribution in [0.2, 0.25) is 0 Å². The molecule has 0 N–H and O–H groups in total. The van der Waals surface area contributed by atoms with Gasteiger partial charge in [-0.2, -0.15) is 10.1 Å². The number of carbonyl (C=O) groups excluding carboxylic acids is 1. The molecule has 4 aromatic rings. The number of anilines is 1. The van der Waals surface area contributed by atoms with Gasteiger partial charge in [0.1, 0.15) is 5.75 Å². The number of hydrogen-bond donors (Lipinski definition) is 0. The summed E-state index contributed by atoms with van der Waals surface area (Å²) >= 11 is 0. The molecular weight excluding hydrogens is 466 g/mol. The van der Waals surface area contributed by atoms with E-state index in [1.54, 1.807) is 14.2 Å². The Labute approximate surface area is 217 Å². The van der Waals surface area contributed by atoms with E-state index in [4.69, 9.17) is 19.6 Å². The van der Waals surface area contributed by atoms with Crippen molar-refractivity contribution in [2.24, 2.45) is 0 Å². The Morgan fingerprint density at radius 3 is 2.32 bits per heavy atom. The van der Waals surface area contributed by atoms with Crippen molar-refractivity contribution in [1.29, 1.82) is 0 Å². The highest BCUT2D eigenvalue weighted by molar-refractivity contribution is 5.86. The average molecular weight is 500 g/mol. The Hall–Kier alpha value is -4.07. The second-order valence-electron chi connectivity index (χ2n) is 9.30. The van der Waals surface area contributed by atoms with Gasteiger partial charge in [-0.1, -0.05) is 30.3 Å². The van der Waals surface area contributed by atoms with Gasteiger partial charge >= 0.3 is 0 Å². The topological polar surface area (TPSA) is 72.7 Å². The molecule has 1 aliphatic heterocycles. The Morgan fingerprint density at radius 2 is 1.62 bits per heavy atom. The third-order valence-electron chi connectivity index (χ3n) is 7.17. The molecule has 1 aliphatic rings. The van der Waals surface area contributed by atoms with Crippen molar-refractivity contribution in [3.8, 4) is 17.3 Å². The van der Waals surface area contributed by atoms with E-state index in [0.717, 1.165) is 58.1 Å². The van der Waals surface area contributed by atoms with Gasteiger partial charge in [0, 0.05) is 43.5 Å². The van der Waals surface area contributed by atoms with Crippen molar-refractivity contribution in [1.82, 2.24) is 19.7 Å². The first-order chi connectivity index (χ1) is 18.0. The molecule has 1 fully saturated rings. The molecule has 0 unspecified atom stereocenters. The molecule has 0 bridgehead atoms. The monoisotopic (exact) mass is 499 g/mol. The Kier molecular flexibility index (Phi) is 6.99. The molecule has 2 aromatic carbocycles. The molecule has 0 radical (unpaired) electrons. The summed E-state index contributed by atoms with van der Waals surface area (Å²) < 4.78 is 13.1. The van der Waals surface area contributed by atoms with Gasteiger partial charge in [-0.25, -0.2) is 4.68 Å². The zero-order valence-electron chi connectivity index (χ0n) is 21.9. The highest BCUT2D eigenvalue weighted by Gasteiger charge is 2.25. The summed E-state index contributed by atoms with van der Waals surface area (Å²) in [5.74, 6) is 1.56. The summed E-state index contributed by atoms with van der Waals surface area (Å²) in [4.78, 5) is 22.2. The SMILES string of the molecule is COc1ccccc1N1CCN(C(=O)CCc2c(OC)nc3c(c(C)nn3-c3ccccc3)c2C)CC1. The number of rotatable bonds is 7. The summed E-state index contributed by atoms with van der Waals surface area (Å²) in [5.41, 5.74) is 5.72. The van der Waals surface area contributed by atoms with Crippen molar-refractivity contribution < 1.29 is 14.3 Å². The molecule has 8 nitrogen and oxygen atoms in total. The van der Waals surface area contributed by atoms with E-state index in [9.17, 15) is 4.79 Å². The second-order valence-corrected chi connectivity index (χ2v) is 9.30. The molecule has 1 saturated heterocycles. The quantitative estimate of drug-likeness (QED) is 0.377. The molecule has 0 atom stereocenters. The van der Waals surface area contributed by atoms with Crippen LogP contribution in [0.25, 0.3) is 16.7 Å². The van der Waals surface area contributed by atoms with Crippen molar-refractivity contribution in [2.75, 3.05) is 45.3 Å². The first-order valence-corrected chi connectivity index (χ1v) is 12.7. The summed E-state index contributed by atoms with van der Waals surface area (Å²) in [5, 5.41) is 5.77. The number of aromatic nitrogens is 3. The lowest BCUT2D eigenvalue weighted by molar-refractivity contribution is -0.131. The van der Waals surface area contributed by atoms with Crippen LogP contribution < -0.4 is 14.4 Å². The number of para-hydroxylation sites is 3. The maximum Gasteiger partial charge on any atom is 0.223 e. The number of hydrogen-bond acceptors (Lipinski definition) is 6. The van der Waals surface area contributed by atoms with Crippen LogP contribution in [0.4, 0.5) is 5.69 Å². The number of methoxy groups -OCH3 is 2. The van der Waals surface area contributed by atoms with Gasteiger partial charge in [0.15, 0.2) is 5.65 Å². The summed E-state index contributed by atoms with van der Waals surface area (Å²) in [6.07, 6.45) is 0.977. The number of aryl methyl sites for hydroxylation is 2. The summed E-state index contributed by atoms with van der Waals surface area (Å²) in [7, 11) is 3.32. The fourth-order valence-electron chi connectivity index (χ4n) is 5.22. The lowest BCUT2D eigenvalue weighted by Crippen LogP contribution is -2.49. The maximum absolute atomic E-state index is 13.2. The third-order valence-corrected chi connectivity index (χ3v) is 7.17. The molecule has 8 heteroatoms. The molecule has 0 spiro atoms. The van der Waals surface area contributed by atoms with Gasteiger partial charge in [-0.05, 0) is 50.1 Å². The van der Waals surface area contributed by atoms with E-state index >= 15 is 0 Å². The minimum Gasteiger partial charge on any atom is -0.495 e. The molecule has 192 valence electrons. The number of piperazine rings is 1. The number of fused-ring (bicyclic) bond motifs is 1. The summed E-state index contributed by atoms with van der Waals surface area (Å²) in [6.45, 7) is 7.00. The van der Waals surface area contributed by atoms with E-state index < -0.39 is 0 Å². The molecule has 0 saturated carbocycles. The van der Waals surface area contributed by atoms with Crippen LogP contribution in [-0.4, -0.2) is 66.0 Å². The molecule has 2 aromatic heterocycles. The van der Waals surface area contributed by atoms with Gasteiger partial charge in [-0.3, -0.25) is 4.79 Å². The van der Waals surface area contributed by atoms with Gasteiger partial charge in [-0.15, -0.1) is 0 Å². The van der Waals surface area contributed by atoms with Crippen LogP contribution in [0.5, 0.6) is 11.6 Å². The smallest absolute Gasteiger partial charge is 0.223 e. The van der Waals surface area contributed by atoms with E-state index in [1.807, 2.05) is 65.0 Å². The Morgan fingerprint density at radius 1 is 0.919 bits per heavy atom. The van der Waals surface area contributed by atoms with Gasteiger partial charge in [0.25, 0.3) is 0 Å². The van der Waals surface area contributed by atoms with E-state index in [2.05, 4.69) is 17.9 Å². The Balaban J connectivity index is 1.31. The van der Waals surface area contributed by atoms with Crippen molar-refractivity contribution in [3.63, 3.8) is 0 Å². The van der Waals surface area contributed by atoms with Crippen LogP contribution in [0, 0.1) is 13.8 Å². The van der Waals surface area contributed by atoms with Crippen LogP contribution in [0.1, 0.15) is 23.2 Å². The molecule has 3 heterocycles. The van der Waals surface area contributed by atoms with E-state index in [1.165, 1.54) is 0 Å². The minimum atomic E-state index is 0.151. The normalized spacial score (nSPS) is 13.7. The number of ether oxygens (including phenoxy) is 2. The van der Waals surface area contributed by atoms with Gasteiger partial charge < -0.3 is 19.3 Å². The van der Waals surface area contributed by atoms with Crippen LogP contribution in [0.15, 0.2) is 54.6 Å². The van der Waals surface area contributed by atoms with Crippen LogP contribution >= 0.6 is 0 Å². The standard InChI is InChI=1S/C29H33N5O3/c1-20-23(29(37-4)30-28-27(20)21(2)31-34(28)22-10-6-5-7-11-22)14-15-26(35)33-18-16-32(17-19-33)24-12-8-9-13-25(24)36-3/h5-13H,14-19H2,1-4H3. The fraction of sp³-hybridized carbons (Fsp3) is 0.345. The molecule has 37 heavy (non-hydrogen) atoms. The van der Waals surface area contributed by atoms with E-state index in [-0.39, 0.29) is 5.91 Å². The van der Waals surface area contributed by atoms with Crippen molar-refractivity contribution >= 4 is 22.6 Å². The molecule has 0 aliphatic carbocycles. The Bertz CT molecular complexity index is 1410.